The molecule has 2 aromatic rings. The number of hydrogen-bond acceptors (Lipinski definition) is 6. The van der Waals surface area contributed by atoms with Gasteiger partial charge in [-0.1, -0.05) is 24.3 Å². The maximum absolute atomic E-state index is 12.2. The molecule has 1 heterocycles. The number of carbonyl (C=O) groups is 1. The highest BCUT2D eigenvalue weighted by atomic mass is 16.6. The first-order chi connectivity index (χ1) is 13.2. The van der Waals surface area contributed by atoms with Crippen molar-refractivity contribution in [1.82, 2.24) is 5.43 Å². The Bertz CT molecular complexity index is 858. The van der Waals surface area contributed by atoms with Crippen LogP contribution in [0.5, 0.6) is 11.5 Å². The summed E-state index contributed by atoms with van der Waals surface area (Å²) in [6.45, 7) is 0.814. The Morgan fingerprint density at radius 1 is 1.30 bits per heavy atom. The number of amides is 1. The number of hydrazone groups is 1. The second kappa shape index (κ2) is 8.72. The standard InChI is InChI=1S/C20H20N4O3/c1-24(12-4-11-21)16-9-7-15(8-10-16)13-22-23-20(25)19-14-26-17-5-2-3-6-18(17)27-19/h2-3,5-10,13,19H,4,12,14H2,1H3,(H,23,25)/b22-13-/t19-/m0/s1. The van der Waals surface area contributed by atoms with Gasteiger partial charge in [-0.15, -0.1) is 0 Å². The van der Waals surface area contributed by atoms with E-state index in [0.717, 1.165) is 11.3 Å². The summed E-state index contributed by atoms with van der Waals surface area (Å²) >= 11 is 0. The number of benzene rings is 2. The van der Waals surface area contributed by atoms with Crippen LogP contribution in [-0.4, -0.2) is 38.4 Å². The molecule has 7 nitrogen and oxygen atoms in total. The van der Waals surface area contributed by atoms with Gasteiger partial charge < -0.3 is 14.4 Å². The van der Waals surface area contributed by atoms with Crippen LogP contribution in [0.15, 0.2) is 53.6 Å². The number of anilines is 1. The van der Waals surface area contributed by atoms with Crippen molar-refractivity contribution in [3.8, 4) is 17.6 Å². The molecule has 0 saturated heterocycles. The zero-order valence-electron chi connectivity index (χ0n) is 15.0. The fraction of sp³-hybridized carbons (Fsp3) is 0.250. The van der Waals surface area contributed by atoms with Crippen LogP contribution in [0.4, 0.5) is 5.69 Å². The molecule has 1 N–H and O–H groups in total. The summed E-state index contributed by atoms with van der Waals surface area (Å²) in [7, 11) is 1.94. The van der Waals surface area contributed by atoms with Gasteiger partial charge in [0.05, 0.1) is 18.7 Å². The van der Waals surface area contributed by atoms with Gasteiger partial charge in [0.2, 0.25) is 6.10 Å². The van der Waals surface area contributed by atoms with Gasteiger partial charge in [0.15, 0.2) is 11.5 Å². The summed E-state index contributed by atoms with van der Waals surface area (Å²) in [6, 6.07) is 17.0. The topological polar surface area (TPSA) is 87.0 Å². The Kier molecular flexibility index (Phi) is 5.90. The third-order valence-electron chi connectivity index (χ3n) is 4.08. The van der Waals surface area contributed by atoms with Gasteiger partial charge in [-0.05, 0) is 29.8 Å². The number of ether oxygens (including phenoxy) is 2. The number of fused-ring (bicyclic) bond motifs is 1. The number of nitriles is 1. The van der Waals surface area contributed by atoms with Crippen LogP contribution in [0.2, 0.25) is 0 Å². The second-order valence-electron chi connectivity index (χ2n) is 6.02. The van der Waals surface area contributed by atoms with Crippen LogP contribution in [0, 0.1) is 11.3 Å². The average Bonchev–Trinajstić information content (AvgIpc) is 2.72. The van der Waals surface area contributed by atoms with Gasteiger partial charge in [-0.25, -0.2) is 5.43 Å². The highest BCUT2D eigenvalue weighted by Gasteiger charge is 2.26. The zero-order valence-corrected chi connectivity index (χ0v) is 15.0. The minimum atomic E-state index is -0.742. The van der Waals surface area contributed by atoms with Crippen molar-refractivity contribution < 1.29 is 14.3 Å². The molecule has 1 amide bonds. The minimum absolute atomic E-state index is 0.141. The molecule has 0 radical (unpaired) electrons. The third-order valence-corrected chi connectivity index (χ3v) is 4.08. The lowest BCUT2D eigenvalue weighted by molar-refractivity contribution is -0.130. The molecule has 0 unspecified atom stereocenters. The van der Waals surface area contributed by atoms with E-state index in [4.69, 9.17) is 14.7 Å². The Balaban J connectivity index is 1.52. The van der Waals surface area contributed by atoms with Crippen molar-refractivity contribution in [2.24, 2.45) is 5.10 Å². The molecule has 7 heteroatoms. The predicted molar refractivity (Wildman–Crippen MR) is 102 cm³/mol. The third kappa shape index (κ3) is 4.76. The molecule has 0 aliphatic carbocycles. The molecule has 27 heavy (non-hydrogen) atoms. The molecule has 1 atom stereocenters. The van der Waals surface area contributed by atoms with E-state index in [9.17, 15) is 4.79 Å². The first-order valence-corrected chi connectivity index (χ1v) is 8.57. The van der Waals surface area contributed by atoms with E-state index < -0.39 is 6.10 Å². The lowest BCUT2D eigenvalue weighted by Gasteiger charge is -2.24. The van der Waals surface area contributed by atoms with Crippen LogP contribution < -0.4 is 19.8 Å². The molecule has 0 fully saturated rings. The van der Waals surface area contributed by atoms with Crippen LogP contribution in [0.1, 0.15) is 12.0 Å². The monoisotopic (exact) mass is 364 g/mol. The molecule has 0 aromatic heterocycles. The zero-order chi connectivity index (χ0) is 19.1. The molecular weight excluding hydrogens is 344 g/mol. The summed E-state index contributed by atoms with van der Waals surface area (Å²) in [6.07, 6.45) is 1.30. The summed E-state index contributed by atoms with van der Waals surface area (Å²) in [5, 5.41) is 12.6. The van der Waals surface area contributed by atoms with Gasteiger partial charge in [-0.2, -0.15) is 10.4 Å². The molecule has 2 aromatic carbocycles. The van der Waals surface area contributed by atoms with Crippen LogP contribution in [0.3, 0.4) is 0 Å². The first kappa shape index (κ1) is 18.3. The number of nitrogens with zero attached hydrogens (tertiary/aromatic N) is 3. The predicted octanol–water partition coefficient (Wildman–Crippen LogP) is 2.33. The quantitative estimate of drug-likeness (QED) is 0.628. The van der Waals surface area contributed by atoms with Gasteiger partial charge in [0.1, 0.15) is 6.61 Å². The Morgan fingerprint density at radius 3 is 2.78 bits per heavy atom. The highest BCUT2D eigenvalue weighted by Crippen LogP contribution is 2.30. The van der Waals surface area contributed by atoms with E-state index in [1.54, 1.807) is 18.3 Å². The summed E-state index contributed by atoms with van der Waals surface area (Å²) in [5.41, 5.74) is 4.33. The van der Waals surface area contributed by atoms with Crippen molar-refractivity contribution in [2.75, 3.05) is 25.1 Å². The fourth-order valence-electron chi connectivity index (χ4n) is 2.55. The number of nitrogens with one attached hydrogen (secondary N) is 1. The number of carbonyl (C=O) groups excluding carboxylic acids is 1. The maximum Gasteiger partial charge on any atom is 0.284 e. The Labute approximate surface area is 157 Å². The SMILES string of the molecule is CN(CCC#N)c1ccc(/C=N\NC(=O)[C@@H]2COc3ccccc3O2)cc1. The average molecular weight is 364 g/mol. The van der Waals surface area contributed by atoms with E-state index in [-0.39, 0.29) is 12.5 Å². The molecule has 3 rings (SSSR count). The highest BCUT2D eigenvalue weighted by molar-refractivity contribution is 5.85. The minimum Gasteiger partial charge on any atom is -0.485 e. The molecule has 0 saturated carbocycles. The molecular formula is C20H20N4O3. The number of para-hydroxylation sites is 2. The molecule has 0 spiro atoms. The normalized spacial score (nSPS) is 15.2. The smallest absolute Gasteiger partial charge is 0.284 e. The van der Waals surface area contributed by atoms with E-state index in [2.05, 4.69) is 16.6 Å². The van der Waals surface area contributed by atoms with Crippen molar-refractivity contribution in [3.05, 3.63) is 54.1 Å². The molecule has 138 valence electrons. The largest absolute Gasteiger partial charge is 0.485 e. The second-order valence-corrected chi connectivity index (χ2v) is 6.02. The summed E-state index contributed by atoms with van der Waals surface area (Å²) in [5.74, 6) is 0.808. The lowest BCUT2D eigenvalue weighted by Crippen LogP contribution is -2.42. The van der Waals surface area contributed by atoms with Crippen molar-refractivity contribution >= 4 is 17.8 Å². The van der Waals surface area contributed by atoms with E-state index >= 15 is 0 Å². The fourth-order valence-corrected chi connectivity index (χ4v) is 2.55. The van der Waals surface area contributed by atoms with E-state index in [1.165, 1.54) is 0 Å². The first-order valence-electron chi connectivity index (χ1n) is 8.57. The van der Waals surface area contributed by atoms with E-state index in [1.807, 2.05) is 48.3 Å². The van der Waals surface area contributed by atoms with Gasteiger partial charge in [-0.3, -0.25) is 4.79 Å². The molecule has 1 aliphatic heterocycles. The number of hydrogen-bond donors (Lipinski definition) is 1. The van der Waals surface area contributed by atoms with Crippen molar-refractivity contribution in [1.29, 1.82) is 5.26 Å². The number of rotatable bonds is 6. The summed E-state index contributed by atoms with van der Waals surface area (Å²) < 4.78 is 11.2. The lowest BCUT2D eigenvalue weighted by atomic mass is 10.2. The van der Waals surface area contributed by atoms with Crippen LogP contribution >= 0.6 is 0 Å². The van der Waals surface area contributed by atoms with Gasteiger partial charge >= 0.3 is 0 Å². The van der Waals surface area contributed by atoms with Crippen molar-refractivity contribution in [2.45, 2.75) is 12.5 Å². The van der Waals surface area contributed by atoms with Gasteiger partial charge in [0, 0.05) is 19.3 Å². The van der Waals surface area contributed by atoms with Crippen LogP contribution in [-0.2, 0) is 4.79 Å². The Morgan fingerprint density at radius 2 is 2.04 bits per heavy atom. The Hall–Kier alpha value is -3.53. The van der Waals surface area contributed by atoms with Crippen molar-refractivity contribution in [3.63, 3.8) is 0 Å². The van der Waals surface area contributed by atoms with Crippen LogP contribution in [0.25, 0.3) is 0 Å². The summed E-state index contributed by atoms with van der Waals surface area (Å²) in [4.78, 5) is 14.2. The molecule has 1 aliphatic rings. The maximum atomic E-state index is 12.2. The van der Waals surface area contributed by atoms with Gasteiger partial charge in [0.25, 0.3) is 5.91 Å². The molecule has 0 bridgehead atoms. The van der Waals surface area contributed by atoms with E-state index in [0.29, 0.717) is 24.5 Å².